The van der Waals surface area contributed by atoms with Gasteiger partial charge in [-0.1, -0.05) is 18.2 Å². The number of fused-ring (bicyclic) bond motifs is 1. The number of anilines is 2. The number of hydrogen-bond acceptors (Lipinski definition) is 5. The lowest BCUT2D eigenvalue weighted by atomic mass is 9.92. The van der Waals surface area contributed by atoms with Gasteiger partial charge in [0, 0.05) is 38.0 Å². The molecule has 0 unspecified atom stereocenters. The van der Waals surface area contributed by atoms with E-state index in [-0.39, 0.29) is 13.0 Å². The van der Waals surface area contributed by atoms with Crippen LogP contribution in [0.3, 0.4) is 0 Å². The van der Waals surface area contributed by atoms with Crippen LogP contribution in [0.25, 0.3) is 0 Å². The zero-order valence-electron chi connectivity index (χ0n) is 16.4. The zero-order valence-corrected chi connectivity index (χ0v) is 16.4. The standard InChI is InChI=1S/C21H26N4O4/c1-24(21(29)25-10-4-6-15-5-2-3-7-17(15)25)19(20(27)28)16(13-26)11-14-8-9-23-18(22)12-14/h2-3,5,7-9,12,16,19,26H,4,6,10-11,13H2,1H3,(H2,22,23)(H,27,28)/t16-,19-/m0/s1. The molecule has 3 rings (SSSR count). The van der Waals surface area contributed by atoms with Crippen molar-refractivity contribution in [3.8, 4) is 0 Å². The van der Waals surface area contributed by atoms with Crippen LogP contribution in [0.2, 0.25) is 0 Å². The number of urea groups is 1. The summed E-state index contributed by atoms with van der Waals surface area (Å²) in [7, 11) is 1.47. The molecule has 2 aromatic rings. The minimum atomic E-state index is -1.18. The van der Waals surface area contributed by atoms with E-state index in [1.165, 1.54) is 18.1 Å². The van der Waals surface area contributed by atoms with E-state index in [2.05, 4.69) is 4.98 Å². The van der Waals surface area contributed by atoms with Gasteiger partial charge in [-0.25, -0.2) is 14.6 Å². The van der Waals surface area contributed by atoms with Crippen molar-refractivity contribution in [1.82, 2.24) is 9.88 Å². The molecular formula is C21H26N4O4. The monoisotopic (exact) mass is 398 g/mol. The number of carbonyl (C=O) groups is 2. The second-order valence-corrected chi connectivity index (χ2v) is 7.30. The third-order valence-electron chi connectivity index (χ3n) is 5.34. The number of nitrogen functional groups attached to an aromatic ring is 1. The van der Waals surface area contributed by atoms with Crippen LogP contribution in [0, 0.1) is 5.92 Å². The molecule has 0 radical (unpaired) electrons. The number of nitrogens with two attached hydrogens (primary N) is 1. The lowest BCUT2D eigenvalue weighted by Gasteiger charge is -2.37. The predicted octanol–water partition coefficient (Wildman–Crippen LogP) is 1.77. The highest BCUT2D eigenvalue weighted by molar-refractivity contribution is 5.95. The Balaban J connectivity index is 1.84. The third kappa shape index (κ3) is 4.48. The Morgan fingerprint density at radius 3 is 2.76 bits per heavy atom. The Labute approximate surface area is 169 Å². The smallest absolute Gasteiger partial charge is 0.326 e. The molecule has 2 amide bonds. The van der Waals surface area contributed by atoms with E-state index >= 15 is 0 Å². The molecule has 8 nitrogen and oxygen atoms in total. The third-order valence-corrected chi connectivity index (χ3v) is 5.34. The van der Waals surface area contributed by atoms with Gasteiger partial charge in [-0.15, -0.1) is 0 Å². The molecule has 0 bridgehead atoms. The molecule has 29 heavy (non-hydrogen) atoms. The summed E-state index contributed by atoms with van der Waals surface area (Å²) in [4.78, 5) is 32.0. The molecule has 1 aliphatic heterocycles. The Hall–Kier alpha value is -3.13. The number of carboxylic acid groups (broad SMARTS) is 1. The Morgan fingerprint density at radius 1 is 1.31 bits per heavy atom. The first-order chi connectivity index (χ1) is 13.9. The fourth-order valence-electron chi connectivity index (χ4n) is 3.93. The van der Waals surface area contributed by atoms with Gasteiger partial charge in [-0.05, 0) is 48.6 Å². The second kappa shape index (κ2) is 8.91. The number of amides is 2. The molecule has 154 valence electrons. The number of hydrogen-bond donors (Lipinski definition) is 3. The summed E-state index contributed by atoms with van der Waals surface area (Å²) in [5.41, 5.74) is 8.33. The first-order valence-corrected chi connectivity index (χ1v) is 9.58. The lowest BCUT2D eigenvalue weighted by molar-refractivity contribution is -0.144. The van der Waals surface area contributed by atoms with Gasteiger partial charge in [0.25, 0.3) is 0 Å². The van der Waals surface area contributed by atoms with Crippen molar-refractivity contribution in [3.63, 3.8) is 0 Å². The topological polar surface area (TPSA) is 120 Å². The molecule has 1 aromatic heterocycles. The minimum Gasteiger partial charge on any atom is -0.480 e. The van der Waals surface area contributed by atoms with Gasteiger partial charge in [0.15, 0.2) is 0 Å². The molecule has 0 fully saturated rings. The van der Waals surface area contributed by atoms with E-state index in [0.29, 0.717) is 12.4 Å². The SMILES string of the molecule is CN(C(=O)N1CCCc2ccccc21)[C@H](C(=O)O)[C@H](CO)Cc1ccnc(N)c1. The number of aromatic nitrogens is 1. The number of nitrogens with zero attached hydrogens (tertiary/aromatic N) is 3. The van der Waals surface area contributed by atoms with Gasteiger partial charge in [0.1, 0.15) is 11.9 Å². The first kappa shape index (κ1) is 20.6. The van der Waals surface area contributed by atoms with Crippen molar-refractivity contribution in [2.45, 2.75) is 25.3 Å². The van der Waals surface area contributed by atoms with Crippen LogP contribution in [-0.2, 0) is 17.6 Å². The average molecular weight is 398 g/mol. The fourth-order valence-corrected chi connectivity index (χ4v) is 3.93. The number of aliphatic carboxylic acids is 1. The van der Waals surface area contributed by atoms with Crippen LogP contribution in [-0.4, -0.2) is 58.3 Å². The highest BCUT2D eigenvalue weighted by atomic mass is 16.4. The van der Waals surface area contributed by atoms with Gasteiger partial charge < -0.3 is 20.8 Å². The van der Waals surface area contributed by atoms with E-state index in [9.17, 15) is 19.8 Å². The van der Waals surface area contributed by atoms with Crippen LogP contribution in [0.4, 0.5) is 16.3 Å². The van der Waals surface area contributed by atoms with Crippen LogP contribution < -0.4 is 10.6 Å². The highest BCUT2D eigenvalue weighted by Gasteiger charge is 2.37. The van der Waals surface area contributed by atoms with E-state index in [1.807, 2.05) is 24.3 Å². The molecule has 2 heterocycles. The van der Waals surface area contributed by atoms with Gasteiger partial charge in [-0.3, -0.25) is 4.90 Å². The quantitative estimate of drug-likeness (QED) is 0.682. The largest absolute Gasteiger partial charge is 0.480 e. The number of carbonyl (C=O) groups excluding carboxylic acids is 1. The number of likely N-dealkylation sites (N-methyl/N-ethyl adjacent to an activating group) is 1. The summed E-state index contributed by atoms with van der Waals surface area (Å²) in [6, 6.07) is 9.44. The predicted molar refractivity (Wildman–Crippen MR) is 110 cm³/mol. The maximum atomic E-state index is 13.2. The van der Waals surface area contributed by atoms with E-state index in [1.54, 1.807) is 17.0 Å². The van der Waals surface area contributed by atoms with Crippen LogP contribution >= 0.6 is 0 Å². The van der Waals surface area contributed by atoms with Crippen molar-refractivity contribution in [1.29, 1.82) is 0 Å². The van der Waals surface area contributed by atoms with Gasteiger partial charge >= 0.3 is 12.0 Å². The van der Waals surface area contributed by atoms with Crippen LogP contribution in [0.5, 0.6) is 0 Å². The number of carboxylic acids is 1. The molecule has 1 aliphatic rings. The number of pyridine rings is 1. The molecule has 0 saturated carbocycles. The summed E-state index contributed by atoms with van der Waals surface area (Å²) in [5, 5.41) is 19.8. The summed E-state index contributed by atoms with van der Waals surface area (Å²) >= 11 is 0. The summed E-state index contributed by atoms with van der Waals surface area (Å²) in [6.45, 7) is 0.143. The van der Waals surface area contributed by atoms with Crippen molar-refractivity contribution in [3.05, 3.63) is 53.7 Å². The first-order valence-electron chi connectivity index (χ1n) is 9.58. The van der Waals surface area contributed by atoms with Crippen molar-refractivity contribution < 1.29 is 19.8 Å². The number of aryl methyl sites for hydroxylation is 1. The molecule has 0 spiro atoms. The maximum absolute atomic E-state index is 13.2. The highest BCUT2D eigenvalue weighted by Crippen LogP contribution is 2.28. The normalized spacial score (nSPS) is 15.3. The number of para-hydroxylation sites is 1. The molecule has 4 N–H and O–H groups in total. The number of rotatable bonds is 6. The second-order valence-electron chi connectivity index (χ2n) is 7.30. The van der Waals surface area contributed by atoms with Crippen molar-refractivity contribution in [2.75, 3.05) is 30.8 Å². The fraction of sp³-hybridized carbons (Fsp3) is 0.381. The van der Waals surface area contributed by atoms with Gasteiger partial charge in [0.05, 0.1) is 0 Å². The Kier molecular flexibility index (Phi) is 6.33. The van der Waals surface area contributed by atoms with Crippen molar-refractivity contribution >= 4 is 23.5 Å². The van der Waals surface area contributed by atoms with E-state index in [0.717, 1.165) is 29.7 Å². The number of benzene rings is 1. The molecule has 1 aromatic carbocycles. The van der Waals surface area contributed by atoms with Crippen LogP contribution in [0.1, 0.15) is 17.5 Å². The molecule has 0 saturated heterocycles. The lowest BCUT2D eigenvalue weighted by Crippen LogP contribution is -2.54. The van der Waals surface area contributed by atoms with E-state index < -0.39 is 24.0 Å². The van der Waals surface area contributed by atoms with Crippen molar-refractivity contribution in [2.24, 2.45) is 5.92 Å². The van der Waals surface area contributed by atoms with Gasteiger partial charge in [-0.2, -0.15) is 0 Å². The molecular weight excluding hydrogens is 372 g/mol. The summed E-state index contributed by atoms with van der Waals surface area (Å²) < 4.78 is 0. The number of aliphatic hydroxyl groups excluding tert-OH is 1. The molecule has 0 aliphatic carbocycles. The molecule has 2 atom stereocenters. The summed E-state index contributed by atoms with van der Waals surface area (Å²) in [5.74, 6) is -1.53. The minimum absolute atomic E-state index is 0.258. The number of aliphatic hydroxyl groups is 1. The van der Waals surface area contributed by atoms with Gasteiger partial charge in [0.2, 0.25) is 0 Å². The molecule has 8 heteroatoms. The van der Waals surface area contributed by atoms with E-state index in [4.69, 9.17) is 5.73 Å². The maximum Gasteiger partial charge on any atom is 0.326 e. The van der Waals surface area contributed by atoms with Crippen LogP contribution in [0.15, 0.2) is 42.6 Å². The average Bonchev–Trinajstić information content (AvgIpc) is 2.72. The zero-order chi connectivity index (χ0) is 21.0. The Bertz CT molecular complexity index is 888. The Morgan fingerprint density at radius 2 is 2.07 bits per heavy atom. The summed E-state index contributed by atoms with van der Waals surface area (Å²) in [6.07, 6.45) is 3.49.